The van der Waals surface area contributed by atoms with Crippen LogP contribution in [-0.2, 0) is 4.79 Å². The van der Waals surface area contributed by atoms with Crippen LogP contribution in [0, 0.1) is 12.8 Å². The van der Waals surface area contributed by atoms with E-state index in [-0.39, 0.29) is 5.92 Å². The maximum Gasteiger partial charge on any atom is 0.320 e. The number of hydrogen-bond donors (Lipinski definition) is 3. The number of pyridine rings is 1. The van der Waals surface area contributed by atoms with E-state index in [1.54, 1.807) is 25.3 Å². The molecule has 2 atom stereocenters. The summed E-state index contributed by atoms with van der Waals surface area (Å²) in [7, 11) is 0. The van der Waals surface area contributed by atoms with Crippen LogP contribution in [0.1, 0.15) is 37.8 Å². The Hall–Kier alpha value is -1.92. The lowest BCUT2D eigenvalue weighted by Gasteiger charge is -2.19. The van der Waals surface area contributed by atoms with Crippen molar-refractivity contribution in [2.45, 2.75) is 39.5 Å². The second-order valence-corrected chi connectivity index (χ2v) is 5.53. The molecular weight excluding hydrogens is 272 g/mol. The van der Waals surface area contributed by atoms with Crippen molar-refractivity contribution >= 4 is 17.1 Å². The van der Waals surface area contributed by atoms with Crippen molar-refractivity contribution in [1.82, 2.24) is 10.3 Å². The first-order chi connectivity index (χ1) is 9.90. The van der Waals surface area contributed by atoms with E-state index in [2.05, 4.69) is 10.3 Å². The standard InChI is InChI=1S/C15H20N2O4/c1-8(2)7-10(15(19)20)17-14(18)13-9(3)12-11(21-13)5-4-6-16-12/h4-6,8,10,14,17-18H,7H2,1-3H3,(H,19,20)/t10-,14?/m0/s1. The molecular formula is C15H20N2O4. The summed E-state index contributed by atoms with van der Waals surface area (Å²) >= 11 is 0. The quantitative estimate of drug-likeness (QED) is 0.706. The summed E-state index contributed by atoms with van der Waals surface area (Å²) in [5, 5.41) is 22.1. The van der Waals surface area contributed by atoms with Crippen molar-refractivity contribution in [3.8, 4) is 0 Å². The van der Waals surface area contributed by atoms with E-state index >= 15 is 0 Å². The molecule has 0 spiro atoms. The molecule has 2 rings (SSSR count). The molecule has 3 N–H and O–H groups in total. The Morgan fingerprint density at radius 3 is 2.76 bits per heavy atom. The van der Waals surface area contributed by atoms with E-state index in [1.807, 2.05) is 13.8 Å². The number of furan rings is 1. The number of aliphatic hydroxyl groups excluding tert-OH is 1. The van der Waals surface area contributed by atoms with Gasteiger partial charge in [0, 0.05) is 11.8 Å². The summed E-state index contributed by atoms with van der Waals surface area (Å²) in [6, 6.07) is 2.67. The maximum atomic E-state index is 11.2. The third kappa shape index (κ3) is 3.40. The maximum absolute atomic E-state index is 11.2. The number of nitrogens with one attached hydrogen (secondary N) is 1. The molecule has 0 aliphatic carbocycles. The van der Waals surface area contributed by atoms with Crippen LogP contribution in [0.3, 0.4) is 0 Å². The smallest absolute Gasteiger partial charge is 0.320 e. The molecule has 0 amide bonds. The zero-order valence-corrected chi connectivity index (χ0v) is 12.3. The molecule has 6 heteroatoms. The Bertz CT molecular complexity index is 636. The number of carboxylic acids is 1. The van der Waals surface area contributed by atoms with Crippen LogP contribution in [-0.4, -0.2) is 27.2 Å². The summed E-state index contributed by atoms with van der Waals surface area (Å²) in [5.41, 5.74) is 1.95. The molecule has 0 saturated heterocycles. The Balaban J connectivity index is 2.23. The highest BCUT2D eigenvalue weighted by atomic mass is 16.4. The normalized spacial score (nSPS) is 14.5. The average Bonchev–Trinajstić information content (AvgIpc) is 2.75. The first-order valence-corrected chi connectivity index (χ1v) is 6.91. The van der Waals surface area contributed by atoms with Gasteiger partial charge >= 0.3 is 5.97 Å². The summed E-state index contributed by atoms with van der Waals surface area (Å²) in [4.78, 5) is 15.4. The summed E-state index contributed by atoms with van der Waals surface area (Å²) in [6.07, 6.45) is 0.885. The van der Waals surface area contributed by atoms with Gasteiger partial charge in [-0.3, -0.25) is 15.1 Å². The Kier molecular flexibility index (Phi) is 4.59. The lowest BCUT2D eigenvalue weighted by atomic mass is 10.0. The fourth-order valence-corrected chi connectivity index (χ4v) is 2.30. The van der Waals surface area contributed by atoms with Gasteiger partial charge in [-0.15, -0.1) is 0 Å². The van der Waals surface area contributed by atoms with Gasteiger partial charge in [0.15, 0.2) is 17.6 Å². The molecule has 0 fully saturated rings. The molecule has 114 valence electrons. The lowest BCUT2D eigenvalue weighted by molar-refractivity contribution is -0.141. The summed E-state index contributed by atoms with van der Waals surface area (Å²) in [6.45, 7) is 5.65. The third-order valence-corrected chi connectivity index (χ3v) is 3.33. The monoisotopic (exact) mass is 292 g/mol. The van der Waals surface area contributed by atoms with Crippen molar-refractivity contribution in [2.24, 2.45) is 5.92 Å². The molecule has 0 bridgehead atoms. The number of hydrogen-bond acceptors (Lipinski definition) is 5. The minimum atomic E-state index is -1.18. The molecule has 0 aromatic carbocycles. The summed E-state index contributed by atoms with van der Waals surface area (Å²) in [5.74, 6) is -0.488. The van der Waals surface area contributed by atoms with Crippen LogP contribution < -0.4 is 5.32 Å². The van der Waals surface area contributed by atoms with E-state index in [4.69, 9.17) is 4.42 Å². The van der Waals surface area contributed by atoms with Gasteiger partial charge in [0.2, 0.25) is 0 Å². The van der Waals surface area contributed by atoms with Gasteiger partial charge in [0.25, 0.3) is 0 Å². The van der Waals surface area contributed by atoms with E-state index in [1.165, 1.54) is 0 Å². The van der Waals surface area contributed by atoms with Crippen LogP contribution in [0.25, 0.3) is 11.1 Å². The number of aryl methyl sites for hydroxylation is 1. The van der Waals surface area contributed by atoms with E-state index in [0.29, 0.717) is 28.8 Å². The highest BCUT2D eigenvalue weighted by Crippen LogP contribution is 2.27. The predicted octanol–water partition coefficient (Wildman–Crippen LogP) is 2.22. The fourth-order valence-electron chi connectivity index (χ4n) is 2.30. The zero-order valence-electron chi connectivity index (χ0n) is 12.3. The molecule has 2 heterocycles. The molecule has 0 aliphatic heterocycles. The molecule has 2 aromatic rings. The minimum absolute atomic E-state index is 0.198. The number of aromatic nitrogens is 1. The van der Waals surface area contributed by atoms with Crippen molar-refractivity contribution in [3.63, 3.8) is 0 Å². The predicted molar refractivity (Wildman–Crippen MR) is 77.7 cm³/mol. The summed E-state index contributed by atoms with van der Waals surface area (Å²) < 4.78 is 5.58. The van der Waals surface area contributed by atoms with Gasteiger partial charge in [-0.25, -0.2) is 0 Å². The van der Waals surface area contributed by atoms with Crippen molar-refractivity contribution in [1.29, 1.82) is 0 Å². The van der Waals surface area contributed by atoms with Gasteiger partial charge in [0.1, 0.15) is 11.6 Å². The molecule has 6 nitrogen and oxygen atoms in total. The molecule has 1 unspecified atom stereocenters. The SMILES string of the molecule is Cc1c(C(O)N[C@@H](CC(C)C)C(=O)O)oc2cccnc12. The largest absolute Gasteiger partial charge is 0.480 e. The third-order valence-electron chi connectivity index (χ3n) is 3.33. The topological polar surface area (TPSA) is 95.6 Å². The highest BCUT2D eigenvalue weighted by Gasteiger charge is 2.26. The highest BCUT2D eigenvalue weighted by molar-refractivity contribution is 5.77. The van der Waals surface area contributed by atoms with Crippen LogP contribution in [0.2, 0.25) is 0 Å². The average molecular weight is 292 g/mol. The van der Waals surface area contributed by atoms with Crippen molar-refractivity contribution in [2.75, 3.05) is 0 Å². The van der Waals surface area contributed by atoms with E-state index in [9.17, 15) is 15.0 Å². The lowest BCUT2D eigenvalue weighted by Crippen LogP contribution is -2.40. The molecule has 0 aliphatic rings. The Morgan fingerprint density at radius 2 is 2.19 bits per heavy atom. The number of aliphatic hydroxyl groups is 1. The first kappa shape index (κ1) is 15.5. The van der Waals surface area contributed by atoms with Crippen LogP contribution in [0.15, 0.2) is 22.7 Å². The number of carboxylic acid groups (broad SMARTS) is 1. The van der Waals surface area contributed by atoms with E-state index < -0.39 is 18.2 Å². The molecule has 21 heavy (non-hydrogen) atoms. The second-order valence-electron chi connectivity index (χ2n) is 5.53. The zero-order chi connectivity index (χ0) is 15.6. The molecule has 0 saturated carbocycles. The van der Waals surface area contributed by atoms with Gasteiger partial charge in [-0.2, -0.15) is 0 Å². The number of aliphatic carboxylic acids is 1. The molecule has 0 radical (unpaired) electrons. The van der Waals surface area contributed by atoms with Gasteiger partial charge in [-0.1, -0.05) is 13.8 Å². The van der Waals surface area contributed by atoms with Crippen LogP contribution >= 0.6 is 0 Å². The van der Waals surface area contributed by atoms with Crippen molar-refractivity contribution in [3.05, 3.63) is 29.7 Å². The number of nitrogens with zero attached hydrogens (tertiary/aromatic N) is 1. The second kappa shape index (κ2) is 6.24. The fraction of sp³-hybridized carbons (Fsp3) is 0.467. The van der Waals surface area contributed by atoms with Crippen LogP contribution in [0.4, 0.5) is 0 Å². The Morgan fingerprint density at radius 1 is 1.48 bits per heavy atom. The number of carbonyl (C=O) groups is 1. The van der Waals surface area contributed by atoms with E-state index in [0.717, 1.165) is 0 Å². The minimum Gasteiger partial charge on any atom is -0.480 e. The van der Waals surface area contributed by atoms with Gasteiger partial charge in [0.05, 0.1) is 0 Å². The first-order valence-electron chi connectivity index (χ1n) is 6.91. The Labute approximate surface area is 122 Å². The van der Waals surface area contributed by atoms with Crippen LogP contribution in [0.5, 0.6) is 0 Å². The van der Waals surface area contributed by atoms with Gasteiger partial charge < -0.3 is 14.6 Å². The van der Waals surface area contributed by atoms with Gasteiger partial charge in [-0.05, 0) is 31.4 Å². The number of fused-ring (bicyclic) bond motifs is 1. The van der Waals surface area contributed by atoms with Crippen molar-refractivity contribution < 1.29 is 19.4 Å². The molecule has 2 aromatic heterocycles. The number of rotatable bonds is 6.